The summed E-state index contributed by atoms with van der Waals surface area (Å²) in [6.45, 7) is 2.06. The molecule has 0 amide bonds. The first-order valence-electron chi connectivity index (χ1n) is 15.5. The Labute approximate surface area is 264 Å². The van der Waals surface area contributed by atoms with Crippen molar-refractivity contribution >= 4 is 32.1 Å². The van der Waals surface area contributed by atoms with Crippen LogP contribution in [0.4, 0.5) is 4.39 Å². The number of aromatic nitrogens is 6. The van der Waals surface area contributed by atoms with Crippen LogP contribution in [0, 0.1) is 11.9 Å². The van der Waals surface area contributed by atoms with Gasteiger partial charge in [-0.1, -0.05) is 30.3 Å². The van der Waals surface area contributed by atoms with E-state index in [1.54, 1.807) is 43.1 Å². The summed E-state index contributed by atoms with van der Waals surface area (Å²) in [6, 6.07) is 15.3. The first-order valence-corrected chi connectivity index (χ1v) is 17.0. The molecule has 2 aromatic carbocycles. The van der Waals surface area contributed by atoms with Crippen molar-refractivity contribution in [1.82, 2.24) is 27.9 Å². The average Bonchev–Trinajstić information content (AvgIpc) is 3.79. The second kappa shape index (κ2) is 10.4. The van der Waals surface area contributed by atoms with Crippen molar-refractivity contribution in [2.75, 3.05) is 0 Å². The molecule has 1 saturated carbocycles. The van der Waals surface area contributed by atoms with E-state index >= 15 is 4.39 Å². The van der Waals surface area contributed by atoms with Gasteiger partial charge in [0.15, 0.2) is 5.65 Å². The van der Waals surface area contributed by atoms with E-state index in [2.05, 4.69) is 12.0 Å². The van der Waals surface area contributed by atoms with Crippen molar-refractivity contribution in [2.45, 2.75) is 56.1 Å². The number of benzene rings is 2. The van der Waals surface area contributed by atoms with Crippen molar-refractivity contribution in [2.24, 2.45) is 20.0 Å². The van der Waals surface area contributed by atoms with E-state index in [1.165, 1.54) is 23.0 Å². The van der Waals surface area contributed by atoms with Gasteiger partial charge in [-0.25, -0.2) is 22.2 Å². The van der Waals surface area contributed by atoms with E-state index in [4.69, 9.17) is 9.72 Å². The highest BCUT2D eigenvalue weighted by molar-refractivity contribution is 7.90. The fraction of sp³-hybridized carbons (Fsp3) is 0.324. The van der Waals surface area contributed by atoms with Crippen LogP contribution in [-0.2, 0) is 24.1 Å². The fourth-order valence-corrected chi connectivity index (χ4v) is 8.97. The summed E-state index contributed by atoms with van der Waals surface area (Å²) in [6.07, 6.45) is 7.51. The zero-order valence-corrected chi connectivity index (χ0v) is 26.5. The summed E-state index contributed by atoms with van der Waals surface area (Å²) in [5.74, 6) is 0.283. The minimum absolute atomic E-state index is 0.000722. The average molecular weight is 641 g/mol. The van der Waals surface area contributed by atoms with Gasteiger partial charge in [-0.15, -0.1) is 5.10 Å². The Morgan fingerprint density at radius 1 is 0.978 bits per heavy atom. The van der Waals surface area contributed by atoms with Crippen molar-refractivity contribution in [3.63, 3.8) is 0 Å². The molecule has 4 bridgehead atoms. The molecule has 9 rings (SSSR count). The minimum Gasteiger partial charge on any atom is -0.491 e. The van der Waals surface area contributed by atoms with Crippen molar-refractivity contribution in [3.8, 4) is 28.1 Å². The molecule has 6 heterocycles. The molecule has 10 nitrogen and oxygen atoms in total. The zero-order valence-electron chi connectivity index (χ0n) is 25.7. The second-order valence-electron chi connectivity index (χ2n) is 12.6. The lowest BCUT2D eigenvalue weighted by Gasteiger charge is -2.17. The number of halogens is 1. The number of rotatable bonds is 3. The van der Waals surface area contributed by atoms with Gasteiger partial charge in [0, 0.05) is 31.9 Å². The number of imidazole rings is 1. The second-order valence-corrected chi connectivity index (χ2v) is 14.4. The quantitative estimate of drug-likeness (QED) is 0.234. The number of hydrogen-bond acceptors (Lipinski definition) is 6. The van der Waals surface area contributed by atoms with Crippen molar-refractivity contribution in [1.29, 1.82) is 0 Å². The maximum absolute atomic E-state index is 15.8. The Morgan fingerprint density at radius 3 is 2.43 bits per heavy atom. The Balaban J connectivity index is 1.60. The third-order valence-electron chi connectivity index (χ3n) is 9.65. The number of nitrogens with zero attached hydrogens (tertiary/aromatic N) is 6. The number of pyridine rings is 1. The topological polar surface area (TPSA) is 106 Å². The lowest BCUT2D eigenvalue weighted by molar-refractivity contribution is 0.198. The number of aryl methyl sites for hydroxylation is 2. The van der Waals surface area contributed by atoms with Crippen LogP contribution in [-0.4, -0.2) is 42.4 Å². The first-order chi connectivity index (χ1) is 22.1. The molecule has 1 fully saturated rings. The molecule has 1 aliphatic carbocycles. The van der Waals surface area contributed by atoms with Gasteiger partial charge < -0.3 is 4.74 Å². The maximum atomic E-state index is 15.8. The van der Waals surface area contributed by atoms with E-state index in [0.29, 0.717) is 39.2 Å². The highest BCUT2D eigenvalue weighted by Crippen LogP contribution is 2.47. The molecular formula is C34H33FN6O4S. The van der Waals surface area contributed by atoms with Crippen LogP contribution >= 0.6 is 0 Å². The molecule has 236 valence electrons. The molecule has 0 saturated heterocycles. The van der Waals surface area contributed by atoms with E-state index in [1.807, 2.05) is 28.8 Å². The van der Waals surface area contributed by atoms with Gasteiger partial charge in [0.2, 0.25) is 5.95 Å². The summed E-state index contributed by atoms with van der Waals surface area (Å²) in [4.78, 5) is 18.8. The number of ether oxygens (including phenoxy) is 1. The van der Waals surface area contributed by atoms with Gasteiger partial charge in [-0.05, 0) is 74.8 Å². The van der Waals surface area contributed by atoms with Crippen LogP contribution < -0.4 is 10.4 Å². The molecular weight excluding hydrogens is 607 g/mol. The van der Waals surface area contributed by atoms with Gasteiger partial charge in [0.25, 0.3) is 10.0 Å². The van der Waals surface area contributed by atoms with E-state index in [0.717, 1.165) is 36.1 Å². The first kappa shape index (κ1) is 28.7. The fourth-order valence-electron chi connectivity index (χ4n) is 7.46. The molecule has 0 radical (unpaired) electrons. The van der Waals surface area contributed by atoms with E-state index in [-0.39, 0.29) is 39.6 Å². The molecule has 46 heavy (non-hydrogen) atoms. The Morgan fingerprint density at radius 2 is 1.72 bits per heavy atom. The van der Waals surface area contributed by atoms with Gasteiger partial charge in [-0.2, -0.15) is 4.39 Å². The SMILES string of the molecule is CC1CCC2CC[C@@H](C2)n2c(=O)n(C)c3cnc4c(c(c(-c5cn(C)nc5F)n4S(=O)(=O)c4ccccc4)-c4ccc(cc4)O1)c32. The molecule has 2 aliphatic heterocycles. The van der Waals surface area contributed by atoms with Crippen LogP contribution in [0.1, 0.15) is 45.1 Å². The van der Waals surface area contributed by atoms with Gasteiger partial charge in [0.05, 0.1) is 44.9 Å². The normalized spacial score (nSPS) is 20.0. The number of hydrogen-bond donors (Lipinski definition) is 0. The van der Waals surface area contributed by atoms with Gasteiger partial charge >= 0.3 is 5.69 Å². The van der Waals surface area contributed by atoms with E-state index < -0.39 is 16.0 Å². The number of fused-ring (bicyclic) bond motifs is 5. The summed E-state index contributed by atoms with van der Waals surface area (Å²) in [7, 11) is -1.04. The summed E-state index contributed by atoms with van der Waals surface area (Å²) >= 11 is 0. The van der Waals surface area contributed by atoms with Gasteiger partial charge in [-0.3, -0.25) is 13.8 Å². The standard InChI is InChI=1S/C34H33FN6O4S/c1-20-9-10-21-11-14-23(17-21)40-31-27(39(3)34(40)42)18-36-33-29(31)28(22-12-15-24(45-20)16-13-22)30(26-19-38(2)37-32(26)35)41(33)46(43,44)25-7-5-4-6-8-25/h4-8,12-13,15-16,18-21,23H,9-11,14,17H2,1-3H3/t20?,21?,23-/m0/s1. The molecule has 2 unspecified atom stereocenters. The largest absolute Gasteiger partial charge is 0.491 e. The predicted octanol–water partition coefficient (Wildman–Crippen LogP) is 6.04. The molecule has 6 aromatic rings. The lowest BCUT2D eigenvalue weighted by Crippen LogP contribution is -2.25. The van der Waals surface area contributed by atoms with Crippen LogP contribution in [0.15, 0.2) is 76.7 Å². The summed E-state index contributed by atoms with van der Waals surface area (Å²) in [5, 5.41) is 4.42. The molecule has 3 aliphatic rings. The Bertz CT molecular complexity index is 2320. The predicted molar refractivity (Wildman–Crippen MR) is 173 cm³/mol. The third-order valence-corrected chi connectivity index (χ3v) is 11.4. The Kier molecular flexibility index (Phi) is 6.51. The van der Waals surface area contributed by atoms with E-state index in [9.17, 15) is 13.2 Å². The summed E-state index contributed by atoms with van der Waals surface area (Å²) < 4.78 is 57.3. The molecule has 12 heteroatoms. The minimum atomic E-state index is -4.34. The van der Waals surface area contributed by atoms with Crippen molar-refractivity contribution < 1.29 is 17.5 Å². The molecule has 3 atom stereocenters. The van der Waals surface area contributed by atoms with Crippen LogP contribution in [0.2, 0.25) is 0 Å². The van der Waals surface area contributed by atoms with Crippen LogP contribution in [0.5, 0.6) is 5.75 Å². The third kappa shape index (κ3) is 4.26. The molecule has 0 N–H and O–H groups in total. The van der Waals surface area contributed by atoms with Crippen LogP contribution in [0.3, 0.4) is 0 Å². The highest BCUT2D eigenvalue weighted by atomic mass is 32.2. The highest BCUT2D eigenvalue weighted by Gasteiger charge is 2.36. The smallest absolute Gasteiger partial charge is 0.329 e. The Hall–Kier alpha value is -4.71. The molecule has 0 spiro atoms. The molecule has 4 aromatic heterocycles. The monoisotopic (exact) mass is 640 g/mol. The van der Waals surface area contributed by atoms with Gasteiger partial charge in [0.1, 0.15) is 5.75 Å². The lowest BCUT2D eigenvalue weighted by atomic mass is 9.99. The zero-order chi connectivity index (χ0) is 31.9. The maximum Gasteiger partial charge on any atom is 0.329 e. The van der Waals surface area contributed by atoms with Crippen LogP contribution in [0.25, 0.3) is 44.5 Å². The summed E-state index contributed by atoms with van der Waals surface area (Å²) in [5.41, 5.74) is 2.25. The van der Waals surface area contributed by atoms with Crippen molar-refractivity contribution in [3.05, 3.63) is 83.4 Å².